The van der Waals surface area contributed by atoms with E-state index in [1.54, 1.807) is 7.11 Å². The molecule has 3 nitrogen and oxygen atoms in total. The maximum atomic E-state index is 5.85. The van der Waals surface area contributed by atoms with E-state index in [0.29, 0.717) is 12.6 Å². The van der Waals surface area contributed by atoms with E-state index in [9.17, 15) is 0 Å². The minimum atomic E-state index is 0.675. The quantitative estimate of drug-likeness (QED) is 0.775. The van der Waals surface area contributed by atoms with E-state index in [2.05, 4.69) is 31.3 Å². The van der Waals surface area contributed by atoms with Crippen LogP contribution in [-0.2, 0) is 6.42 Å². The van der Waals surface area contributed by atoms with Crippen LogP contribution in [0.3, 0.4) is 0 Å². The highest BCUT2D eigenvalue weighted by atomic mass is 16.5. The Labute approximate surface area is 129 Å². The first-order valence-electron chi connectivity index (χ1n) is 8.26. The molecule has 1 aliphatic carbocycles. The Bertz CT molecular complexity index is 425. The van der Waals surface area contributed by atoms with Gasteiger partial charge in [-0.25, -0.2) is 0 Å². The maximum absolute atomic E-state index is 5.85. The van der Waals surface area contributed by atoms with Crippen molar-refractivity contribution in [3.63, 3.8) is 0 Å². The summed E-state index contributed by atoms with van der Waals surface area (Å²) in [6.07, 6.45) is 6.32. The Kier molecular flexibility index (Phi) is 6.37. The second-order valence-electron chi connectivity index (χ2n) is 6.10. The predicted molar refractivity (Wildman–Crippen MR) is 87.3 cm³/mol. The van der Waals surface area contributed by atoms with Crippen molar-refractivity contribution in [2.75, 3.05) is 20.3 Å². The van der Waals surface area contributed by atoms with Gasteiger partial charge in [0, 0.05) is 12.6 Å². The van der Waals surface area contributed by atoms with Crippen LogP contribution in [0.2, 0.25) is 0 Å². The van der Waals surface area contributed by atoms with Crippen molar-refractivity contribution < 1.29 is 9.47 Å². The Hall–Kier alpha value is -1.22. The molecule has 1 aromatic carbocycles. The summed E-state index contributed by atoms with van der Waals surface area (Å²) in [6.45, 7) is 6.08. The molecule has 0 spiro atoms. The number of nitrogens with one attached hydrogen (secondary N) is 1. The number of benzene rings is 1. The van der Waals surface area contributed by atoms with E-state index in [1.165, 1.54) is 31.2 Å². The average molecular weight is 291 g/mol. The smallest absolute Gasteiger partial charge is 0.161 e. The molecule has 118 valence electrons. The Balaban J connectivity index is 1.73. The van der Waals surface area contributed by atoms with Crippen LogP contribution in [0, 0.1) is 5.92 Å². The summed E-state index contributed by atoms with van der Waals surface area (Å²) in [4.78, 5) is 0. The average Bonchev–Trinajstić information content (AvgIpc) is 2.53. The van der Waals surface area contributed by atoms with Gasteiger partial charge in [0.05, 0.1) is 7.11 Å². The predicted octanol–water partition coefficient (Wildman–Crippen LogP) is 3.80. The van der Waals surface area contributed by atoms with Crippen molar-refractivity contribution in [1.29, 1.82) is 0 Å². The van der Waals surface area contributed by atoms with Crippen LogP contribution < -0.4 is 14.8 Å². The number of ether oxygens (including phenoxy) is 2. The molecule has 2 rings (SSSR count). The third-order valence-electron chi connectivity index (χ3n) is 4.44. The molecule has 0 amide bonds. The van der Waals surface area contributed by atoms with E-state index in [-0.39, 0.29) is 0 Å². The lowest BCUT2D eigenvalue weighted by Crippen LogP contribution is -2.35. The lowest BCUT2D eigenvalue weighted by atomic mass is 9.87. The Morgan fingerprint density at radius 2 is 1.90 bits per heavy atom. The van der Waals surface area contributed by atoms with Crippen molar-refractivity contribution in [2.45, 2.75) is 52.0 Å². The first kappa shape index (κ1) is 16.2. The van der Waals surface area contributed by atoms with Crippen molar-refractivity contribution in [2.24, 2.45) is 5.92 Å². The summed E-state index contributed by atoms with van der Waals surface area (Å²) in [7, 11) is 1.70. The molecule has 1 fully saturated rings. The van der Waals surface area contributed by atoms with Crippen LogP contribution in [0.1, 0.15) is 45.1 Å². The summed E-state index contributed by atoms with van der Waals surface area (Å²) in [5, 5.41) is 3.61. The summed E-state index contributed by atoms with van der Waals surface area (Å²) in [5.74, 6) is 2.58. The molecular formula is C18H29NO2. The molecular weight excluding hydrogens is 262 g/mol. The summed E-state index contributed by atoms with van der Waals surface area (Å²) in [5.41, 5.74) is 1.27. The number of aryl methyl sites for hydroxylation is 1. The normalized spacial score (nSPS) is 22.0. The highest BCUT2D eigenvalue weighted by Gasteiger charge is 2.17. The zero-order chi connectivity index (χ0) is 15.1. The molecule has 0 bridgehead atoms. The number of hydrogen-bond acceptors (Lipinski definition) is 3. The fourth-order valence-corrected chi connectivity index (χ4v) is 2.94. The molecule has 0 atom stereocenters. The second kappa shape index (κ2) is 8.28. The van der Waals surface area contributed by atoms with Gasteiger partial charge >= 0.3 is 0 Å². The summed E-state index contributed by atoms with van der Waals surface area (Å²) in [6, 6.07) is 6.85. The van der Waals surface area contributed by atoms with E-state index in [4.69, 9.17) is 9.47 Å². The number of rotatable bonds is 7. The van der Waals surface area contributed by atoms with Gasteiger partial charge < -0.3 is 14.8 Å². The lowest BCUT2D eigenvalue weighted by Gasteiger charge is -2.27. The molecule has 0 aromatic heterocycles. The van der Waals surface area contributed by atoms with Gasteiger partial charge in [-0.1, -0.05) is 19.9 Å². The Morgan fingerprint density at radius 3 is 2.57 bits per heavy atom. The van der Waals surface area contributed by atoms with E-state index < -0.39 is 0 Å². The van der Waals surface area contributed by atoms with Crippen LogP contribution in [0.25, 0.3) is 0 Å². The van der Waals surface area contributed by atoms with Gasteiger partial charge in [0.15, 0.2) is 11.5 Å². The van der Waals surface area contributed by atoms with Gasteiger partial charge in [0.2, 0.25) is 0 Å². The van der Waals surface area contributed by atoms with Crippen molar-refractivity contribution in [3.8, 4) is 11.5 Å². The fourth-order valence-electron chi connectivity index (χ4n) is 2.94. The van der Waals surface area contributed by atoms with E-state index in [0.717, 1.165) is 30.4 Å². The van der Waals surface area contributed by atoms with Gasteiger partial charge in [0.25, 0.3) is 0 Å². The molecule has 0 heterocycles. The van der Waals surface area contributed by atoms with Gasteiger partial charge in [-0.3, -0.25) is 0 Å². The highest BCUT2D eigenvalue weighted by Crippen LogP contribution is 2.28. The topological polar surface area (TPSA) is 30.5 Å². The number of methoxy groups -OCH3 is 1. The molecule has 1 N–H and O–H groups in total. The molecule has 3 heteroatoms. The van der Waals surface area contributed by atoms with Crippen LogP contribution in [-0.4, -0.2) is 26.3 Å². The summed E-state index contributed by atoms with van der Waals surface area (Å²) >= 11 is 0. The molecule has 0 unspecified atom stereocenters. The molecule has 0 radical (unpaired) electrons. The first-order valence-corrected chi connectivity index (χ1v) is 8.26. The van der Waals surface area contributed by atoms with E-state index in [1.807, 2.05) is 6.07 Å². The molecule has 21 heavy (non-hydrogen) atoms. The van der Waals surface area contributed by atoms with Crippen molar-refractivity contribution >= 4 is 0 Å². The third kappa shape index (κ3) is 4.92. The Morgan fingerprint density at radius 1 is 1.14 bits per heavy atom. The molecule has 1 aromatic rings. The largest absolute Gasteiger partial charge is 0.493 e. The molecule has 0 saturated heterocycles. The van der Waals surface area contributed by atoms with Crippen molar-refractivity contribution in [3.05, 3.63) is 23.8 Å². The fraction of sp³-hybridized carbons (Fsp3) is 0.667. The van der Waals surface area contributed by atoms with Crippen LogP contribution in [0.15, 0.2) is 18.2 Å². The van der Waals surface area contributed by atoms with Gasteiger partial charge in [0.1, 0.15) is 6.61 Å². The maximum Gasteiger partial charge on any atom is 0.161 e. The zero-order valence-electron chi connectivity index (χ0n) is 13.7. The minimum Gasteiger partial charge on any atom is -0.493 e. The second-order valence-corrected chi connectivity index (χ2v) is 6.10. The standard InChI is InChI=1S/C18H29NO2/c1-4-15-7-10-17(18(13-15)20-3)21-12-11-19-16-8-5-14(2)6-9-16/h7,10,13-14,16,19H,4-6,8-9,11-12H2,1-3H3. The van der Waals surface area contributed by atoms with Crippen LogP contribution >= 0.6 is 0 Å². The SMILES string of the molecule is CCc1ccc(OCCNC2CCC(C)CC2)c(OC)c1. The molecule has 0 aliphatic heterocycles. The lowest BCUT2D eigenvalue weighted by molar-refractivity contribution is 0.262. The third-order valence-corrected chi connectivity index (χ3v) is 4.44. The minimum absolute atomic E-state index is 0.675. The van der Waals surface area contributed by atoms with Crippen LogP contribution in [0.5, 0.6) is 11.5 Å². The van der Waals surface area contributed by atoms with Crippen LogP contribution in [0.4, 0.5) is 0 Å². The van der Waals surface area contributed by atoms with Crippen molar-refractivity contribution in [1.82, 2.24) is 5.32 Å². The van der Waals surface area contributed by atoms with Gasteiger partial charge in [-0.05, 0) is 55.7 Å². The van der Waals surface area contributed by atoms with Gasteiger partial charge in [-0.15, -0.1) is 0 Å². The first-order chi connectivity index (χ1) is 10.2. The molecule has 1 aliphatic rings. The monoisotopic (exact) mass is 291 g/mol. The number of hydrogen-bond donors (Lipinski definition) is 1. The van der Waals surface area contributed by atoms with Gasteiger partial charge in [-0.2, -0.15) is 0 Å². The zero-order valence-corrected chi connectivity index (χ0v) is 13.7. The molecule has 1 saturated carbocycles. The van der Waals surface area contributed by atoms with E-state index >= 15 is 0 Å². The highest BCUT2D eigenvalue weighted by molar-refractivity contribution is 5.42. The summed E-state index contributed by atoms with van der Waals surface area (Å²) < 4.78 is 11.3.